The van der Waals surface area contributed by atoms with E-state index in [4.69, 9.17) is 37.1 Å². The average Bonchev–Trinajstić information content (AvgIpc) is 3.30. The molecule has 0 radical (unpaired) electrons. The monoisotopic (exact) mass is 934 g/mol. The van der Waals surface area contributed by atoms with Crippen molar-refractivity contribution in [1.82, 2.24) is 28.2 Å². The summed E-state index contributed by atoms with van der Waals surface area (Å²) in [5.74, 6) is 2.33. The van der Waals surface area contributed by atoms with Crippen LogP contribution in [0.15, 0.2) is 126 Å². The van der Waals surface area contributed by atoms with E-state index < -0.39 is 22.8 Å². The number of benzene rings is 4. The number of ether oxygens (including phenoxy) is 3. The quantitative estimate of drug-likeness (QED) is 0.0342. The maximum Gasteiger partial charge on any atom is 0.355 e. The number of hydrogen-bond acceptors (Lipinski definition) is 14. The van der Waals surface area contributed by atoms with Gasteiger partial charge in [-0.15, -0.1) is 0 Å². The molecule has 0 saturated carbocycles. The van der Waals surface area contributed by atoms with Crippen molar-refractivity contribution in [1.29, 1.82) is 0 Å². The van der Waals surface area contributed by atoms with Crippen LogP contribution >= 0.6 is 0 Å². The summed E-state index contributed by atoms with van der Waals surface area (Å²) in [5.41, 5.74) is 21.8. The van der Waals surface area contributed by atoms with Gasteiger partial charge in [0.2, 0.25) is 11.9 Å². The predicted molar refractivity (Wildman–Crippen MR) is 261 cm³/mol. The SMILES string of the molecule is COc1ccc(Cn2c(NCCN=C(N)N)nc(=O)n(Cc3ccc(O)cc3)c2=O)cc1.COc1ccc(Cn2c(NCCN=C(N)N)nc(=O)n(Cc3ccc(OC(C)(C)C)cc3)c2=O)cc1. The lowest BCUT2D eigenvalue weighted by Gasteiger charge is -2.21. The highest BCUT2D eigenvalue weighted by Crippen LogP contribution is 2.19. The van der Waals surface area contributed by atoms with Crippen LogP contribution in [0.3, 0.4) is 0 Å². The lowest BCUT2D eigenvalue weighted by Crippen LogP contribution is -2.43. The van der Waals surface area contributed by atoms with Gasteiger partial charge in [-0.05, 0) is 91.6 Å². The van der Waals surface area contributed by atoms with Gasteiger partial charge in [-0.1, -0.05) is 48.5 Å². The normalized spacial score (nSPS) is 10.8. The minimum atomic E-state index is -0.696. The Kier molecular flexibility index (Phi) is 17.5. The second-order valence-electron chi connectivity index (χ2n) is 16.0. The van der Waals surface area contributed by atoms with E-state index in [2.05, 4.69) is 30.6 Å². The highest BCUT2D eigenvalue weighted by atomic mass is 16.5. The number of nitrogens with two attached hydrogens (primary N) is 4. The minimum absolute atomic E-state index is 0.0157. The number of nitrogens with one attached hydrogen (secondary N) is 2. The van der Waals surface area contributed by atoms with E-state index in [1.165, 1.54) is 21.3 Å². The van der Waals surface area contributed by atoms with E-state index >= 15 is 0 Å². The first-order valence-electron chi connectivity index (χ1n) is 21.3. The fourth-order valence-electron chi connectivity index (χ4n) is 6.40. The lowest BCUT2D eigenvalue weighted by molar-refractivity contribution is 0.131. The molecule has 0 atom stereocenters. The summed E-state index contributed by atoms with van der Waals surface area (Å²) in [5, 5.41) is 15.4. The van der Waals surface area contributed by atoms with Crippen molar-refractivity contribution < 1.29 is 19.3 Å². The highest BCUT2D eigenvalue weighted by Gasteiger charge is 2.17. The molecule has 0 aliphatic rings. The first-order valence-corrected chi connectivity index (χ1v) is 21.3. The summed E-state index contributed by atoms with van der Waals surface area (Å²) < 4.78 is 21.2. The number of hydrogen-bond donors (Lipinski definition) is 7. The fraction of sp³-hybridized carbons (Fsp3) is 0.304. The predicted octanol–water partition coefficient (Wildman–Crippen LogP) is 1.27. The number of aliphatic imine (C=N–C) groups is 2. The summed E-state index contributed by atoms with van der Waals surface area (Å²) in [4.78, 5) is 68.2. The summed E-state index contributed by atoms with van der Waals surface area (Å²) in [6.45, 7) is 7.40. The number of methoxy groups -OCH3 is 2. The summed E-state index contributed by atoms with van der Waals surface area (Å²) >= 11 is 0. The number of aromatic nitrogens is 6. The van der Waals surface area contributed by atoms with Gasteiger partial charge in [0.15, 0.2) is 11.9 Å². The van der Waals surface area contributed by atoms with Gasteiger partial charge >= 0.3 is 22.8 Å². The number of phenolic OH excluding ortho intramolecular Hbond substituents is 1. The van der Waals surface area contributed by atoms with E-state index in [1.54, 1.807) is 50.6 Å². The van der Waals surface area contributed by atoms with Gasteiger partial charge in [-0.2, -0.15) is 9.97 Å². The molecule has 11 N–H and O–H groups in total. The average molecular weight is 935 g/mol. The molecule has 22 heteroatoms. The molecule has 2 heterocycles. The Bertz CT molecular complexity index is 2890. The molecule has 0 saturated heterocycles. The van der Waals surface area contributed by atoms with Crippen molar-refractivity contribution >= 4 is 23.8 Å². The van der Waals surface area contributed by atoms with Gasteiger partial charge in [-0.25, -0.2) is 28.3 Å². The molecule has 0 fully saturated rings. The Morgan fingerprint density at radius 2 is 0.868 bits per heavy atom. The molecule has 0 unspecified atom stereocenters. The van der Waals surface area contributed by atoms with E-state index in [1.807, 2.05) is 69.3 Å². The van der Waals surface area contributed by atoms with Crippen molar-refractivity contribution in [2.24, 2.45) is 32.9 Å². The maximum absolute atomic E-state index is 13.5. The number of nitrogens with zero attached hydrogens (tertiary/aromatic N) is 8. The Hall–Kier alpha value is -8.56. The molecule has 4 aromatic carbocycles. The van der Waals surface area contributed by atoms with Crippen molar-refractivity contribution in [2.75, 3.05) is 51.0 Å². The Labute approximate surface area is 391 Å². The van der Waals surface area contributed by atoms with Crippen molar-refractivity contribution in [3.05, 3.63) is 161 Å². The molecular formula is C46H58N14O8. The summed E-state index contributed by atoms with van der Waals surface area (Å²) in [6.07, 6.45) is 0. The van der Waals surface area contributed by atoms with Crippen molar-refractivity contribution in [3.8, 4) is 23.0 Å². The smallest absolute Gasteiger partial charge is 0.355 e. The Morgan fingerprint density at radius 3 is 1.19 bits per heavy atom. The topological polar surface area (TPSA) is 315 Å². The van der Waals surface area contributed by atoms with Crippen LogP contribution in [0.5, 0.6) is 23.0 Å². The van der Waals surface area contributed by atoms with Crippen LogP contribution in [0.25, 0.3) is 0 Å². The third-order valence-corrected chi connectivity index (χ3v) is 9.64. The van der Waals surface area contributed by atoms with Crippen LogP contribution in [0.4, 0.5) is 11.9 Å². The molecule has 0 aliphatic heterocycles. The van der Waals surface area contributed by atoms with E-state index in [-0.39, 0.29) is 87.5 Å². The molecular weight excluding hydrogens is 877 g/mol. The van der Waals surface area contributed by atoms with E-state index in [0.29, 0.717) is 22.8 Å². The zero-order chi connectivity index (χ0) is 49.4. The van der Waals surface area contributed by atoms with Crippen LogP contribution in [0, 0.1) is 0 Å². The molecule has 22 nitrogen and oxygen atoms in total. The molecule has 0 aliphatic carbocycles. The fourth-order valence-corrected chi connectivity index (χ4v) is 6.40. The third kappa shape index (κ3) is 15.0. The van der Waals surface area contributed by atoms with E-state index in [0.717, 1.165) is 25.8 Å². The number of rotatable bonds is 19. The molecule has 0 bridgehead atoms. The maximum atomic E-state index is 13.5. The Morgan fingerprint density at radius 1 is 0.544 bits per heavy atom. The summed E-state index contributed by atoms with van der Waals surface area (Å²) in [7, 11) is 3.15. The minimum Gasteiger partial charge on any atom is -0.508 e. The zero-order valence-electron chi connectivity index (χ0n) is 38.6. The molecule has 6 rings (SSSR count). The van der Waals surface area contributed by atoms with Crippen LogP contribution in [-0.4, -0.2) is 91.3 Å². The van der Waals surface area contributed by atoms with Crippen LogP contribution in [0.1, 0.15) is 43.0 Å². The number of anilines is 2. The lowest BCUT2D eigenvalue weighted by atomic mass is 10.1. The highest BCUT2D eigenvalue weighted by molar-refractivity contribution is 5.76. The van der Waals surface area contributed by atoms with Gasteiger partial charge in [-0.3, -0.25) is 19.1 Å². The molecule has 360 valence electrons. The number of phenols is 1. The second-order valence-corrected chi connectivity index (χ2v) is 16.0. The zero-order valence-corrected chi connectivity index (χ0v) is 38.6. The van der Waals surface area contributed by atoms with Gasteiger partial charge in [0, 0.05) is 13.1 Å². The first kappa shape index (κ1) is 50.4. The van der Waals surface area contributed by atoms with Gasteiger partial charge in [0.25, 0.3) is 0 Å². The Balaban J connectivity index is 0.000000256. The van der Waals surface area contributed by atoms with Crippen LogP contribution in [0.2, 0.25) is 0 Å². The van der Waals surface area contributed by atoms with Crippen LogP contribution in [-0.2, 0) is 26.2 Å². The third-order valence-electron chi connectivity index (χ3n) is 9.64. The van der Waals surface area contributed by atoms with Crippen molar-refractivity contribution in [3.63, 3.8) is 0 Å². The van der Waals surface area contributed by atoms with Crippen molar-refractivity contribution in [2.45, 2.75) is 52.6 Å². The summed E-state index contributed by atoms with van der Waals surface area (Å²) in [6, 6.07) is 28.0. The number of aromatic hydroxyl groups is 1. The van der Waals surface area contributed by atoms with Gasteiger partial charge < -0.3 is 52.9 Å². The molecule has 68 heavy (non-hydrogen) atoms. The van der Waals surface area contributed by atoms with Gasteiger partial charge in [0.05, 0.1) is 53.5 Å². The standard InChI is InChI=1S/C25H33N7O4.C21H25N7O4/c1-25(2,3)36-20-11-7-18(8-12-20)16-32-23(33)30-22(29-14-13-28-21(26)27)31(24(32)34)15-17-5-9-19(35-4)10-6-17;1-32-17-8-4-15(5-9-17)12-27-19(25-11-10-24-18(22)23)26-20(30)28(21(27)31)13-14-2-6-16(29)7-3-14/h5-12H,13-16H2,1-4H3,(H4,26,27,28)(H,29,30,33);2-9,29H,10-13H2,1H3,(H4,22,23,24)(H,25,26,30). The molecule has 0 spiro atoms. The van der Waals surface area contributed by atoms with E-state index in [9.17, 15) is 24.3 Å². The second kappa shape index (κ2) is 23.6. The molecule has 2 aromatic heterocycles. The molecule has 0 amide bonds. The van der Waals surface area contributed by atoms with Crippen LogP contribution < -0.4 is 70.5 Å². The number of guanidine groups is 2. The largest absolute Gasteiger partial charge is 0.508 e. The van der Waals surface area contributed by atoms with Gasteiger partial charge in [0.1, 0.15) is 28.6 Å². The first-order chi connectivity index (χ1) is 32.4. The molecule has 6 aromatic rings.